The number of carbonyl (C=O) groups excluding carboxylic acids is 4. The number of aromatic nitrogens is 1. The van der Waals surface area contributed by atoms with Gasteiger partial charge in [-0.3, -0.25) is 19.2 Å². The van der Waals surface area contributed by atoms with Crippen LogP contribution in [-0.2, 0) is 23.9 Å². The van der Waals surface area contributed by atoms with Gasteiger partial charge < -0.3 is 36.4 Å². The molecule has 12 nitrogen and oxygen atoms in total. The minimum Gasteiger partial charge on any atom is -0.391 e. The Morgan fingerprint density at radius 3 is 2.46 bits per heavy atom. The van der Waals surface area contributed by atoms with Crippen molar-refractivity contribution in [1.29, 1.82) is 0 Å². The molecule has 1 aliphatic carbocycles. The number of amides is 4. The van der Waals surface area contributed by atoms with Crippen LogP contribution >= 0.6 is 11.3 Å². The smallest absolute Gasteiger partial charge is 0.258 e. The molecule has 252 valence electrons. The molecule has 4 amide bonds. The van der Waals surface area contributed by atoms with Crippen molar-refractivity contribution in [2.45, 2.75) is 83.3 Å². The first-order valence-corrected chi connectivity index (χ1v) is 16.4. The van der Waals surface area contributed by atoms with Crippen LogP contribution < -0.4 is 21.7 Å². The Kier molecular flexibility index (Phi) is 11.5. The van der Waals surface area contributed by atoms with Crippen molar-refractivity contribution in [1.82, 2.24) is 25.8 Å². The van der Waals surface area contributed by atoms with E-state index in [1.165, 1.54) is 16.2 Å². The molecule has 0 bridgehead atoms. The van der Waals surface area contributed by atoms with Gasteiger partial charge in [-0.15, -0.1) is 11.3 Å². The average molecular weight is 661 g/mol. The van der Waals surface area contributed by atoms with Gasteiger partial charge in [0.25, 0.3) is 5.91 Å². The summed E-state index contributed by atoms with van der Waals surface area (Å²) in [6.45, 7) is 8.30. The minimum atomic E-state index is -1.98. The maximum atomic E-state index is 14.5. The SMILES string of the molecule is Cc1ncsc1-c1ccc([C@H](CC(=O)NCCOCCN)NC(=O)[C@@H]2C[C@@H](O)CN2C(=O)C(NC(=O)C2(F)CC2)C(C)(C)C)cc1. The molecule has 2 aliphatic rings. The van der Waals surface area contributed by atoms with Crippen LogP contribution in [0.4, 0.5) is 4.39 Å². The van der Waals surface area contributed by atoms with Gasteiger partial charge in [0.05, 0.1) is 47.9 Å². The highest BCUT2D eigenvalue weighted by molar-refractivity contribution is 7.13. The van der Waals surface area contributed by atoms with E-state index in [0.717, 1.165) is 16.1 Å². The molecule has 1 saturated carbocycles. The maximum absolute atomic E-state index is 14.5. The predicted molar refractivity (Wildman–Crippen MR) is 171 cm³/mol. The monoisotopic (exact) mass is 660 g/mol. The summed E-state index contributed by atoms with van der Waals surface area (Å²) in [6.07, 6.45) is -0.917. The van der Waals surface area contributed by atoms with Crippen molar-refractivity contribution in [3.63, 3.8) is 0 Å². The number of aliphatic hydroxyl groups is 1. The molecule has 1 aromatic heterocycles. The van der Waals surface area contributed by atoms with Gasteiger partial charge in [0.1, 0.15) is 12.1 Å². The number of aryl methyl sites for hydroxylation is 1. The molecule has 2 heterocycles. The Bertz CT molecular complexity index is 1390. The Morgan fingerprint density at radius 2 is 1.87 bits per heavy atom. The van der Waals surface area contributed by atoms with E-state index in [1.807, 2.05) is 31.2 Å². The lowest BCUT2D eigenvalue weighted by Crippen LogP contribution is -2.59. The van der Waals surface area contributed by atoms with E-state index in [9.17, 15) is 28.7 Å². The van der Waals surface area contributed by atoms with Crippen LogP contribution in [0.1, 0.15) is 63.8 Å². The molecule has 4 rings (SSSR count). The summed E-state index contributed by atoms with van der Waals surface area (Å²) < 4.78 is 19.9. The topological polar surface area (TPSA) is 176 Å². The summed E-state index contributed by atoms with van der Waals surface area (Å²) in [6, 6.07) is 4.51. The van der Waals surface area contributed by atoms with E-state index in [2.05, 4.69) is 20.9 Å². The first kappa shape index (κ1) is 35.4. The van der Waals surface area contributed by atoms with Crippen molar-refractivity contribution in [3.05, 3.63) is 41.0 Å². The Labute approximate surface area is 272 Å². The van der Waals surface area contributed by atoms with Crippen LogP contribution in [0.3, 0.4) is 0 Å². The Hall–Kier alpha value is -3.46. The molecular formula is C32H45FN6O6S. The van der Waals surface area contributed by atoms with E-state index in [-0.39, 0.29) is 51.3 Å². The zero-order chi connectivity index (χ0) is 33.6. The van der Waals surface area contributed by atoms with E-state index in [1.54, 1.807) is 26.3 Å². The molecule has 4 atom stereocenters. The molecule has 1 saturated heterocycles. The van der Waals surface area contributed by atoms with Gasteiger partial charge >= 0.3 is 0 Å². The van der Waals surface area contributed by atoms with Crippen LogP contribution in [0, 0.1) is 12.3 Å². The lowest BCUT2D eigenvalue weighted by atomic mass is 9.85. The van der Waals surface area contributed by atoms with Crippen LogP contribution in [0.25, 0.3) is 10.4 Å². The lowest BCUT2D eigenvalue weighted by Gasteiger charge is -2.36. The number of hydrogen-bond acceptors (Lipinski definition) is 9. The van der Waals surface area contributed by atoms with Crippen molar-refractivity contribution >= 4 is 35.0 Å². The molecule has 1 aliphatic heterocycles. The number of benzene rings is 1. The highest BCUT2D eigenvalue weighted by Gasteiger charge is 2.53. The number of alkyl halides is 1. The summed E-state index contributed by atoms with van der Waals surface area (Å²) in [5.41, 5.74) is 6.92. The normalized spacial score (nSPS) is 20.1. The number of ether oxygens (including phenoxy) is 1. The summed E-state index contributed by atoms with van der Waals surface area (Å²) >= 11 is 1.51. The van der Waals surface area contributed by atoms with Crippen molar-refractivity contribution in [2.24, 2.45) is 11.1 Å². The molecule has 2 fully saturated rings. The van der Waals surface area contributed by atoms with Crippen LogP contribution in [0.15, 0.2) is 29.8 Å². The third-order valence-corrected chi connectivity index (χ3v) is 9.18. The van der Waals surface area contributed by atoms with Gasteiger partial charge in [-0.05, 0) is 36.3 Å². The fourth-order valence-corrected chi connectivity index (χ4v) is 6.20. The van der Waals surface area contributed by atoms with Crippen molar-refractivity contribution in [3.8, 4) is 10.4 Å². The number of aliphatic hydroxyl groups excluding tert-OH is 1. The number of hydrogen-bond donors (Lipinski definition) is 5. The summed E-state index contributed by atoms with van der Waals surface area (Å²) in [5.74, 6) is -2.31. The Morgan fingerprint density at radius 1 is 1.17 bits per heavy atom. The fourth-order valence-electron chi connectivity index (χ4n) is 5.39. The largest absolute Gasteiger partial charge is 0.391 e. The van der Waals surface area contributed by atoms with Crippen molar-refractivity contribution < 1.29 is 33.4 Å². The third-order valence-electron chi connectivity index (χ3n) is 8.21. The maximum Gasteiger partial charge on any atom is 0.258 e. The molecule has 1 aromatic carbocycles. The zero-order valence-electron chi connectivity index (χ0n) is 26.8. The standard InChI is InChI=1S/C32H45FN6O6S/c1-19-26(46-18-36-19)21-7-5-20(6-8-21)23(16-25(41)35-12-14-45-13-11-34)37-28(42)24-15-22(40)17-39(24)29(43)27(31(2,3)4)38-30(44)32(33)9-10-32/h5-8,18,22-24,27,40H,9-17,34H2,1-4H3,(H,35,41)(H,37,42)(H,38,44)/t22-,23+,24+,27?/m1/s1. The number of nitrogens with one attached hydrogen (secondary N) is 3. The van der Waals surface area contributed by atoms with Crippen LogP contribution in [0.2, 0.25) is 0 Å². The molecule has 1 unspecified atom stereocenters. The summed E-state index contributed by atoms with van der Waals surface area (Å²) in [5, 5.41) is 18.8. The van der Waals surface area contributed by atoms with Gasteiger partial charge in [-0.1, -0.05) is 45.0 Å². The highest BCUT2D eigenvalue weighted by Crippen LogP contribution is 2.40. The second kappa shape index (κ2) is 15.0. The second-order valence-electron chi connectivity index (χ2n) is 13.0. The van der Waals surface area contributed by atoms with E-state index in [0.29, 0.717) is 18.7 Å². The van der Waals surface area contributed by atoms with Crippen LogP contribution in [0.5, 0.6) is 0 Å². The minimum absolute atomic E-state index is 0.0313. The third kappa shape index (κ3) is 8.87. The molecular weight excluding hydrogens is 615 g/mol. The van der Waals surface area contributed by atoms with E-state index >= 15 is 0 Å². The zero-order valence-corrected chi connectivity index (χ0v) is 27.6. The first-order chi connectivity index (χ1) is 21.7. The van der Waals surface area contributed by atoms with Gasteiger partial charge in [-0.2, -0.15) is 0 Å². The number of likely N-dealkylation sites (tertiary alicyclic amines) is 1. The van der Waals surface area contributed by atoms with E-state index < -0.39 is 53.0 Å². The van der Waals surface area contributed by atoms with E-state index in [4.69, 9.17) is 10.5 Å². The number of nitrogens with zero attached hydrogens (tertiary/aromatic N) is 2. The number of halogens is 1. The lowest BCUT2D eigenvalue weighted by molar-refractivity contribution is -0.145. The average Bonchev–Trinajstić information content (AvgIpc) is 3.41. The number of carbonyl (C=O) groups is 4. The molecule has 46 heavy (non-hydrogen) atoms. The van der Waals surface area contributed by atoms with Gasteiger partial charge in [0, 0.05) is 26.1 Å². The highest BCUT2D eigenvalue weighted by atomic mass is 32.1. The Balaban J connectivity index is 1.52. The summed E-state index contributed by atoms with van der Waals surface area (Å²) in [4.78, 5) is 59.8. The van der Waals surface area contributed by atoms with Gasteiger partial charge in [-0.25, -0.2) is 9.37 Å². The molecule has 14 heteroatoms. The molecule has 0 spiro atoms. The number of β-amino-alcohol motifs (C(OH)–C–C–N with tert-alkyl or cyclic N) is 1. The predicted octanol–water partition coefficient (Wildman–Crippen LogP) is 1.75. The number of nitrogens with two attached hydrogens (primary N) is 1. The first-order valence-electron chi connectivity index (χ1n) is 15.6. The number of thiazole rings is 1. The van der Waals surface area contributed by atoms with Gasteiger partial charge in [0.2, 0.25) is 17.7 Å². The quantitative estimate of drug-likeness (QED) is 0.191. The molecule has 0 radical (unpaired) electrons. The summed E-state index contributed by atoms with van der Waals surface area (Å²) in [7, 11) is 0. The molecule has 6 N–H and O–H groups in total. The fraction of sp³-hybridized carbons (Fsp3) is 0.594. The van der Waals surface area contributed by atoms with Gasteiger partial charge in [0.15, 0.2) is 5.67 Å². The second-order valence-corrected chi connectivity index (χ2v) is 13.9. The number of rotatable bonds is 14. The molecule has 2 aromatic rings. The van der Waals surface area contributed by atoms with Crippen molar-refractivity contribution in [2.75, 3.05) is 32.8 Å². The van der Waals surface area contributed by atoms with Crippen LogP contribution in [-0.4, -0.2) is 95.3 Å².